The van der Waals surface area contributed by atoms with Gasteiger partial charge in [-0.2, -0.15) is 0 Å². The van der Waals surface area contributed by atoms with Gasteiger partial charge in [-0.1, -0.05) is 140 Å². The average Bonchev–Trinajstić information content (AvgIpc) is 3.83. The summed E-state index contributed by atoms with van der Waals surface area (Å²) in [6.45, 7) is 0. The van der Waals surface area contributed by atoms with Gasteiger partial charge in [-0.25, -0.2) is 0 Å². The zero-order valence-electron chi connectivity index (χ0n) is 29.8. The Morgan fingerprint density at radius 3 is 1.91 bits per heavy atom. The van der Waals surface area contributed by atoms with Crippen molar-refractivity contribution >= 4 is 81.3 Å². The van der Waals surface area contributed by atoms with Gasteiger partial charge in [0.1, 0.15) is 11.2 Å². The molecule has 0 aliphatic rings. The maximum atomic E-state index is 6.26. The molecule has 0 saturated heterocycles. The lowest BCUT2D eigenvalue weighted by Crippen LogP contribution is -2.11. The Labute approximate surface area is 322 Å². The van der Waals surface area contributed by atoms with Gasteiger partial charge in [0.15, 0.2) is 0 Å². The number of anilines is 3. The van der Waals surface area contributed by atoms with E-state index < -0.39 is 0 Å². The zero-order chi connectivity index (χ0) is 36.3. The number of benzene rings is 9. The van der Waals surface area contributed by atoms with E-state index in [1.165, 1.54) is 53.2 Å². The second-order valence-corrected chi connectivity index (χ2v) is 15.1. The Kier molecular flexibility index (Phi) is 7.39. The number of para-hydroxylation sites is 2. The fourth-order valence-corrected chi connectivity index (χ4v) is 9.46. The SMILES string of the molecule is c1cc(-c2cccc3sc4ccccc4c23)cc(N(c2ccc(-c3cccc4oc5ccccc5c34)cc2)c2ccccc2-c2ccc3ccccc3c2)c1. The molecule has 9 aromatic carbocycles. The number of furan rings is 1. The minimum Gasteiger partial charge on any atom is -0.456 e. The fraction of sp³-hybridized carbons (Fsp3) is 0. The van der Waals surface area contributed by atoms with Gasteiger partial charge < -0.3 is 9.32 Å². The largest absolute Gasteiger partial charge is 0.456 e. The van der Waals surface area contributed by atoms with Gasteiger partial charge in [-0.15, -0.1) is 11.3 Å². The summed E-state index contributed by atoms with van der Waals surface area (Å²) in [5.74, 6) is 0. The third kappa shape index (κ3) is 5.32. The summed E-state index contributed by atoms with van der Waals surface area (Å²) in [7, 11) is 0. The molecule has 0 fully saturated rings. The van der Waals surface area contributed by atoms with Gasteiger partial charge in [0.2, 0.25) is 0 Å². The van der Waals surface area contributed by atoms with Crippen molar-refractivity contribution in [2.24, 2.45) is 0 Å². The van der Waals surface area contributed by atoms with Crippen molar-refractivity contribution in [2.45, 2.75) is 0 Å². The highest BCUT2D eigenvalue weighted by Crippen LogP contribution is 2.45. The molecule has 0 amide bonds. The van der Waals surface area contributed by atoms with Crippen molar-refractivity contribution in [3.05, 3.63) is 200 Å². The van der Waals surface area contributed by atoms with E-state index in [2.05, 4.69) is 193 Å². The van der Waals surface area contributed by atoms with Crippen LogP contribution in [0.1, 0.15) is 0 Å². The van der Waals surface area contributed by atoms with E-state index in [1.54, 1.807) is 0 Å². The number of hydrogen-bond acceptors (Lipinski definition) is 3. The van der Waals surface area contributed by atoms with Crippen LogP contribution in [0.2, 0.25) is 0 Å². The average molecular weight is 720 g/mol. The molecule has 0 N–H and O–H groups in total. The minimum absolute atomic E-state index is 0.902. The maximum absolute atomic E-state index is 6.26. The molecule has 2 nitrogen and oxygen atoms in total. The van der Waals surface area contributed by atoms with E-state index in [4.69, 9.17) is 4.42 Å². The molecule has 0 unspecified atom stereocenters. The summed E-state index contributed by atoms with van der Waals surface area (Å²) in [5.41, 5.74) is 12.2. The zero-order valence-corrected chi connectivity index (χ0v) is 30.6. The molecule has 0 aliphatic heterocycles. The van der Waals surface area contributed by atoms with Crippen molar-refractivity contribution in [1.82, 2.24) is 0 Å². The lowest BCUT2D eigenvalue weighted by Gasteiger charge is -2.28. The van der Waals surface area contributed by atoms with E-state index in [1.807, 2.05) is 23.5 Å². The third-order valence-corrected chi connectivity index (χ3v) is 12.0. The van der Waals surface area contributed by atoms with Crippen LogP contribution in [0.25, 0.3) is 86.3 Å². The van der Waals surface area contributed by atoms with E-state index in [-0.39, 0.29) is 0 Å². The fourth-order valence-electron chi connectivity index (χ4n) is 8.33. The summed E-state index contributed by atoms with van der Waals surface area (Å²) in [6.07, 6.45) is 0. The smallest absolute Gasteiger partial charge is 0.136 e. The highest BCUT2D eigenvalue weighted by molar-refractivity contribution is 7.25. The van der Waals surface area contributed by atoms with E-state index in [0.29, 0.717) is 0 Å². The quantitative estimate of drug-likeness (QED) is 0.170. The molecular formula is C52H33NOS. The molecule has 55 heavy (non-hydrogen) atoms. The van der Waals surface area contributed by atoms with E-state index in [9.17, 15) is 0 Å². The molecule has 0 bridgehead atoms. The topological polar surface area (TPSA) is 16.4 Å². The highest BCUT2D eigenvalue weighted by Gasteiger charge is 2.20. The summed E-state index contributed by atoms with van der Waals surface area (Å²) in [6, 6.07) is 72.3. The van der Waals surface area contributed by atoms with Crippen LogP contribution in [0, 0.1) is 0 Å². The predicted molar refractivity (Wildman–Crippen MR) is 235 cm³/mol. The van der Waals surface area contributed by atoms with E-state index in [0.717, 1.165) is 50.1 Å². The first-order chi connectivity index (χ1) is 27.3. The number of thiophene rings is 1. The van der Waals surface area contributed by atoms with Crippen molar-refractivity contribution in [3.8, 4) is 33.4 Å². The molecule has 0 radical (unpaired) electrons. The number of nitrogens with zero attached hydrogens (tertiary/aromatic N) is 1. The van der Waals surface area contributed by atoms with Crippen LogP contribution in [-0.4, -0.2) is 0 Å². The molecule has 2 heterocycles. The van der Waals surface area contributed by atoms with Gasteiger partial charge in [-0.05, 0) is 99.3 Å². The van der Waals surface area contributed by atoms with Gasteiger partial charge in [-0.3, -0.25) is 0 Å². The van der Waals surface area contributed by atoms with Gasteiger partial charge in [0.25, 0.3) is 0 Å². The molecule has 2 aromatic heterocycles. The summed E-state index contributed by atoms with van der Waals surface area (Å²) < 4.78 is 8.88. The highest BCUT2D eigenvalue weighted by atomic mass is 32.1. The first kappa shape index (κ1) is 31.6. The second-order valence-electron chi connectivity index (χ2n) is 14.1. The predicted octanol–water partition coefficient (Wildman–Crippen LogP) is 15.6. The van der Waals surface area contributed by atoms with Gasteiger partial charge in [0, 0.05) is 47.9 Å². The molecule has 258 valence electrons. The van der Waals surface area contributed by atoms with Crippen LogP contribution < -0.4 is 4.90 Å². The van der Waals surface area contributed by atoms with Crippen LogP contribution in [0.5, 0.6) is 0 Å². The summed E-state index contributed by atoms with van der Waals surface area (Å²) >= 11 is 1.86. The summed E-state index contributed by atoms with van der Waals surface area (Å²) in [4.78, 5) is 2.41. The van der Waals surface area contributed by atoms with Crippen LogP contribution in [0.3, 0.4) is 0 Å². The Balaban J connectivity index is 1.10. The normalized spacial score (nSPS) is 11.6. The van der Waals surface area contributed by atoms with Crippen LogP contribution in [0.4, 0.5) is 17.1 Å². The van der Waals surface area contributed by atoms with Crippen molar-refractivity contribution < 1.29 is 4.42 Å². The molecular weight excluding hydrogens is 687 g/mol. The van der Waals surface area contributed by atoms with Crippen LogP contribution in [-0.2, 0) is 0 Å². The van der Waals surface area contributed by atoms with E-state index >= 15 is 0 Å². The number of fused-ring (bicyclic) bond motifs is 7. The first-order valence-electron chi connectivity index (χ1n) is 18.7. The summed E-state index contributed by atoms with van der Waals surface area (Å²) in [5, 5.41) is 7.36. The van der Waals surface area contributed by atoms with Crippen molar-refractivity contribution in [1.29, 1.82) is 0 Å². The second kappa shape index (κ2) is 12.9. The monoisotopic (exact) mass is 719 g/mol. The van der Waals surface area contributed by atoms with Gasteiger partial charge >= 0.3 is 0 Å². The standard InChI is InChI=1S/C52H33NOS/c1-2-13-36-32-38(27-26-34(36)12-1)41-16-3-6-21-46(41)53(39-30-28-35(29-31-39)42-19-10-23-48-51(42)44-17-4-7-22-47(44)54-48)40-15-9-14-37(33-40)43-20-11-25-50-52(43)45-18-5-8-24-49(45)55-50/h1-33H. The minimum atomic E-state index is 0.902. The molecule has 3 heteroatoms. The molecule has 0 saturated carbocycles. The molecule has 11 rings (SSSR count). The maximum Gasteiger partial charge on any atom is 0.136 e. The van der Waals surface area contributed by atoms with Crippen LogP contribution >= 0.6 is 11.3 Å². The Bertz CT molecular complexity index is 3220. The molecule has 11 aromatic rings. The number of hydrogen-bond donors (Lipinski definition) is 0. The number of rotatable bonds is 6. The molecule has 0 aliphatic carbocycles. The third-order valence-electron chi connectivity index (χ3n) is 10.9. The lowest BCUT2D eigenvalue weighted by atomic mass is 9.96. The van der Waals surface area contributed by atoms with Crippen molar-refractivity contribution in [3.63, 3.8) is 0 Å². The lowest BCUT2D eigenvalue weighted by molar-refractivity contribution is 0.669. The molecule has 0 atom stereocenters. The Morgan fingerprint density at radius 2 is 1.00 bits per heavy atom. The van der Waals surface area contributed by atoms with Gasteiger partial charge in [0.05, 0.1) is 5.69 Å². The Hall–Kier alpha value is -6.94. The van der Waals surface area contributed by atoms with Crippen molar-refractivity contribution in [2.75, 3.05) is 4.90 Å². The molecule has 0 spiro atoms. The Morgan fingerprint density at radius 1 is 0.364 bits per heavy atom. The van der Waals surface area contributed by atoms with Crippen LogP contribution in [0.15, 0.2) is 205 Å². The first-order valence-corrected chi connectivity index (χ1v) is 19.5.